The normalized spacial score (nSPS) is 18.9. The van der Waals surface area contributed by atoms with E-state index in [1.54, 1.807) is 6.92 Å². The van der Waals surface area contributed by atoms with Crippen molar-refractivity contribution in [3.8, 4) is 0 Å². The zero-order valence-corrected chi connectivity index (χ0v) is 21.1. The summed E-state index contributed by atoms with van der Waals surface area (Å²) in [6.45, 7) is 8.00. The van der Waals surface area contributed by atoms with Crippen molar-refractivity contribution in [3.05, 3.63) is 46.8 Å². The smallest absolute Gasteiger partial charge is 0.251 e. The number of fused-ring (bicyclic) bond motifs is 1. The molecule has 0 aliphatic carbocycles. The predicted molar refractivity (Wildman–Crippen MR) is 136 cm³/mol. The van der Waals surface area contributed by atoms with Gasteiger partial charge in [-0.3, -0.25) is 19.6 Å². The highest BCUT2D eigenvalue weighted by Crippen LogP contribution is 2.28. The van der Waals surface area contributed by atoms with Crippen molar-refractivity contribution >= 4 is 17.5 Å². The number of aromatic nitrogens is 2. The van der Waals surface area contributed by atoms with Crippen LogP contribution in [0, 0.1) is 6.92 Å². The third kappa shape index (κ3) is 6.92. The number of rotatable bonds is 4. The molecule has 0 unspecified atom stereocenters. The predicted octanol–water partition coefficient (Wildman–Crippen LogP) is 3.95. The molecule has 1 aromatic carbocycles. The molecule has 2 aromatic rings. The van der Waals surface area contributed by atoms with E-state index in [0.29, 0.717) is 24.7 Å². The van der Waals surface area contributed by atoms with Crippen molar-refractivity contribution in [1.82, 2.24) is 20.4 Å². The zero-order valence-electron chi connectivity index (χ0n) is 21.1. The molecular formula is C27H39N5O3. The number of hydrogen-bond acceptors (Lipinski definition) is 5. The quantitative estimate of drug-likeness (QED) is 0.690. The second-order valence-electron chi connectivity index (χ2n) is 9.82. The summed E-state index contributed by atoms with van der Waals surface area (Å²) in [5.41, 5.74) is 4.34. The van der Waals surface area contributed by atoms with Crippen LogP contribution in [0.2, 0.25) is 0 Å². The number of H-pyrrole nitrogens is 1. The molecule has 0 bridgehead atoms. The van der Waals surface area contributed by atoms with Gasteiger partial charge in [-0.05, 0) is 69.0 Å². The van der Waals surface area contributed by atoms with Crippen molar-refractivity contribution < 1.29 is 14.3 Å². The summed E-state index contributed by atoms with van der Waals surface area (Å²) in [4.78, 5) is 30.1. The number of aromatic amines is 1. The molecule has 0 radical (unpaired) electrons. The van der Waals surface area contributed by atoms with E-state index in [2.05, 4.69) is 20.4 Å². The average Bonchev–Trinajstić information content (AvgIpc) is 3.28. The van der Waals surface area contributed by atoms with Gasteiger partial charge >= 0.3 is 0 Å². The van der Waals surface area contributed by atoms with Gasteiger partial charge in [0, 0.05) is 56.2 Å². The summed E-state index contributed by atoms with van der Waals surface area (Å²) in [6, 6.07) is 8.16. The first-order chi connectivity index (χ1) is 17.0. The number of nitrogens with one attached hydrogen (secondary N) is 2. The Kier molecular flexibility index (Phi) is 8.93. The van der Waals surface area contributed by atoms with Gasteiger partial charge in [-0.25, -0.2) is 0 Å². The molecule has 2 N–H and O–H groups in total. The first-order valence-electron chi connectivity index (χ1n) is 13.0. The molecule has 190 valence electrons. The van der Waals surface area contributed by atoms with Crippen LogP contribution in [0.5, 0.6) is 0 Å². The Morgan fingerprint density at radius 1 is 1.09 bits per heavy atom. The lowest BCUT2D eigenvalue weighted by Crippen LogP contribution is -2.40. The Balaban J connectivity index is 1.61. The highest BCUT2D eigenvalue weighted by molar-refractivity contribution is 5.97. The van der Waals surface area contributed by atoms with Crippen LogP contribution in [-0.4, -0.2) is 59.3 Å². The van der Waals surface area contributed by atoms with Gasteiger partial charge in [0.15, 0.2) is 0 Å². The number of nitrogens with zero attached hydrogens (tertiary/aromatic N) is 3. The second kappa shape index (κ2) is 12.3. The van der Waals surface area contributed by atoms with E-state index in [1.165, 1.54) is 19.3 Å². The van der Waals surface area contributed by atoms with Crippen molar-refractivity contribution in [2.24, 2.45) is 0 Å². The SMILES string of the molecule is CC(=O)N1CCCCCCCN(C2CCOCC2)Cc2cc(C(=O)NCc3cc(C)[nH]n3)ccc21. The lowest BCUT2D eigenvalue weighted by atomic mass is 10.0. The summed E-state index contributed by atoms with van der Waals surface area (Å²) in [5.74, 6) is -0.0846. The van der Waals surface area contributed by atoms with Gasteiger partial charge < -0.3 is 15.0 Å². The fourth-order valence-corrected chi connectivity index (χ4v) is 5.18. The molecule has 4 rings (SSSR count). The van der Waals surface area contributed by atoms with Gasteiger partial charge in [0.1, 0.15) is 0 Å². The summed E-state index contributed by atoms with van der Waals surface area (Å²) < 4.78 is 5.62. The molecular weight excluding hydrogens is 442 g/mol. The number of amides is 2. The molecule has 1 aromatic heterocycles. The van der Waals surface area contributed by atoms with Gasteiger partial charge in [-0.15, -0.1) is 0 Å². The van der Waals surface area contributed by atoms with Gasteiger partial charge in [-0.2, -0.15) is 5.10 Å². The van der Waals surface area contributed by atoms with E-state index in [4.69, 9.17) is 4.74 Å². The average molecular weight is 482 g/mol. The van der Waals surface area contributed by atoms with Crippen molar-refractivity contribution in [1.29, 1.82) is 0 Å². The number of ether oxygens (including phenoxy) is 1. The topological polar surface area (TPSA) is 90.6 Å². The van der Waals surface area contributed by atoms with Gasteiger partial charge in [0.2, 0.25) is 5.91 Å². The van der Waals surface area contributed by atoms with E-state index in [-0.39, 0.29) is 11.8 Å². The van der Waals surface area contributed by atoms with Crippen molar-refractivity contribution in [2.75, 3.05) is 31.2 Å². The maximum atomic E-state index is 13.0. The molecule has 2 aliphatic rings. The van der Waals surface area contributed by atoms with E-state index >= 15 is 0 Å². The standard InChI is InChI=1S/C27H39N5O3/c1-20-16-24(30-29-20)18-28-27(34)22-8-9-26-23(17-22)19-31(25-10-14-35-15-11-25)12-6-4-3-5-7-13-32(26)21(2)33/h8-9,16-17,25H,3-7,10-15,18-19H2,1-2H3,(H,28,34)(H,29,30). The molecule has 8 nitrogen and oxygen atoms in total. The van der Waals surface area contributed by atoms with Crippen LogP contribution in [0.25, 0.3) is 0 Å². The minimum atomic E-state index is -0.133. The maximum absolute atomic E-state index is 13.0. The lowest BCUT2D eigenvalue weighted by Gasteiger charge is -2.36. The summed E-state index contributed by atoms with van der Waals surface area (Å²) in [5, 5.41) is 10.1. The number of anilines is 1. The molecule has 8 heteroatoms. The number of aryl methyl sites for hydroxylation is 1. The fourth-order valence-electron chi connectivity index (χ4n) is 5.18. The molecule has 2 aliphatic heterocycles. The van der Waals surface area contributed by atoms with Gasteiger partial charge in [-0.1, -0.05) is 19.3 Å². The molecule has 1 fully saturated rings. The molecule has 35 heavy (non-hydrogen) atoms. The Morgan fingerprint density at radius 2 is 1.83 bits per heavy atom. The zero-order chi connectivity index (χ0) is 24.6. The maximum Gasteiger partial charge on any atom is 0.251 e. The van der Waals surface area contributed by atoms with Crippen LogP contribution in [0.3, 0.4) is 0 Å². The first-order valence-corrected chi connectivity index (χ1v) is 13.0. The van der Waals surface area contributed by atoms with Crippen LogP contribution in [-0.2, 0) is 22.6 Å². The number of carbonyl (C=O) groups excluding carboxylic acids is 2. The minimum Gasteiger partial charge on any atom is -0.381 e. The monoisotopic (exact) mass is 481 g/mol. The third-order valence-corrected chi connectivity index (χ3v) is 7.11. The van der Waals surface area contributed by atoms with E-state index in [1.807, 2.05) is 36.1 Å². The summed E-state index contributed by atoms with van der Waals surface area (Å²) >= 11 is 0. The van der Waals surface area contributed by atoms with E-state index in [0.717, 1.165) is 74.6 Å². The molecule has 0 atom stereocenters. The van der Waals surface area contributed by atoms with E-state index < -0.39 is 0 Å². The molecule has 0 saturated carbocycles. The summed E-state index contributed by atoms with van der Waals surface area (Å²) in [7, 11) is 0. The molecule has 1 saturated heterocycles. The Hall–Kier alpha value is -2.71. The Bertz CT molecular complexity index is 998. The highest BCUT2D eigenvalue weighted by atomic mass is 16.5. The van der Waals surface area contributed by atoms with E-state index in [9.17, 15) is 9.59 Å². The molecule has 3 heterocycles. The number of carbonyl (C=O) groups is 2. The largest absolute Gasteiger partial charge is 0.381 e. The highest BCUT2D eigenvalue weighted by Gasteiger charge is 2.25. The van der Waals surface area contributed by atoms with Crippen LogP contribution < -0.4 is 10.2 Å². The van der Waals surface area contributed by atoms with Gasteiger partial charge in [0.05, 0.1) is 12.2 Å². The van der Waals surface area contributed by atoms with Crippen molar-refractivity contribution in [3.63, 3.8) is 0 Å². The first kappa shape index (κ1) is 25.4. The van der Waals surface area contributed by atoms with Crippen LogP contribution in [0.15, 0.2) is 24.3 Å². The number of hydrogen-bond donors (Lipinski definition) is 2. The fraction of sp³-hybridized carbons (Fsp3) is 0.593. The van der Waals surface area contributed by atoms with Gasteiger partial charge in [0.25, 0.3) is 5.91 Å². The number of benzene rings is 1. The third-order valence-electron chi connectivity index (χ3n) is 7.11. The second-order valence-corrected chi connectivity index (χ2v) is 9.82. The molecule has 2 amide bonds. The van der Waals surface area contributed by atoms with Crippen LogP contribution in [0.1, 0.15) is 79.2 Å². The minimum absolute atomic E-state index is 0.0482. The lowest BCUT2D eigenvalue weighted by molar-refractivity contribution is -0.116. The Labute approximate surface area is 208 Å². The van der Waals surface area contributed by atoms with Crippen LogP contribution in [0.4, 0.5) is 5.69 Å². The molecule has 0 spiro atoms. The van der Waals surface area contributed by atoms with Crippen molar-refractivity contribution in [2.45, 2.75) is 77.9 Å². The van der Waals surface area contributed by atoms with Crippen LogP contribution >= 0.6 is 0 Å². The summed E-state index contributed by atoms with van der Waals surface area (Å²) in [6.07, 6.45) is 7.75. The Morgan fingerprint density at radius 3 is 2.54 bits per heavy atom.